The van der Waals surface area contributed by atoms with Crippen molar-refractivity contribution in [2.75, 3.05) is 0 Å². The first-order valence-electron chi connectivity index (χ1n) is 8.19. The first-order valence-corrected chi connectivity index (χ1v) is 9.80. The van der Waals surface area contributed by atoms with Gasteiger partial charge in [-0.05, 0) is 29.8 Å². The average molecular weight is 363 g/mol. The van der Waals surface area contributed by atoms with Gasteiger partial charge >= 0.3 is 13.4 Å². The van der Waals surface area contributed by atoms with E-state index in [1.54, 1.807) is 48.5 Å². The van der Waals surface area contributed by atoms with Crippen LogP contribution in [0.5, 0.6) is 11.5 Å². The Morgan fingerprint density at radius 3 is 1.62 bits per heavy atom. The van der Waals surface area contributed by atoms with Crippen LogP contribution in [0.3, 0.4) is 0 Å². The quantitative estimate of drug-likeness (QED) is 0.392. The summed E-state index contributed by atoms with van der Waals surface area (Å²) in [7, 11) is -3.79. The predicted octanol–water partition coefficient (Wildman–Crippen LogP) is 5.83. The summed E-state index contributed by atoms with van der Waals surface area (Å²) in [5, 5.41) is 0. The Kier molecular flexibility index (Phi) is 5.73. The van der Waals surface area contributed by atoms with Crippen LogP contribution in [0.25, 0.3) is 4.85 Å². The van der Waals surface area contributed by atoms with Crippen molar-refractivity contribution in [3.63, 3.8) is 0 Å². The van der Waals surface area contributed by atoms with Crippen molar-refractivity contribution < 1.29 is 13.6 Å². The Morgan fingerprint density at radius 1 is 0.769 bits per heavy atom. The highest BCUT2D eigenvalue weighted by molar-refractivity contribution is 7.55. The van der Waals surface area contributed by atoms with Crippen LogP contribution >= 0.6 is 7.60 Å². The second-order valence-corrected chi connectivity index (χ2v) is 7.69. The van der Waals surface area contributed by atoms with Crippen LogP contribution in [0, 0.1) is 6.57 Å². The second-order valence-electron chi connectivity index (χ2n) is 5.65. The molecule has 3 aromatic carbocycles. The maximum absolute atomic E-state index is 13.6. The number of nitrogens with zero attached hydrogens (tertiary/aromatic N) is 1. The Labute approximate surface area is 153 Å². The molecule has 3 rings (SSSR count). The lowest BCUT2D eigenvalue weighted by atomic mass is 10.1. The van der Waals surface area contributed by atoms with Crippen LogP contribution in [0.2, 0.25) is 0 Å². The number of benzene rings is 3. The van der Waals surface area contributed by atoms with Crippen LogP contribution in [-0.2, 0) is 11.0 Å². The molecular weight excluding hydrogens is 345 g/mol. The molecule has 130 valence electrons. The highest BCUT2D eigenvalue weighted by Gasteiger charge is 2.45. The van der Waals surface area contributed by atoms with Gasteiger partial charge in [-0.2, -0.15) is 0 Å². The van der Waals surface area contributed by atoms with E-state index in [-0.39, 0.29) is 6.42 Å². The van der Waals surface area contributed by atoms with E-state index in [1.807, 2.05) is 42.5 Å². The number of rotatable bonds is 7. The summed E-state index contributed by atoms with van der Waals surface area (Å²) in [6.45, 7) is 7.59. The van der Waals surface area contributed by atoms with Crippen molar-refractivity contribution in [1.82, 2.24) is 0 Å². The normalized spacial score (nSPS) is 12.0. The zero-order valence-corrected chi connectivity index (χ0v) is 15.0. The van der Waals surface area contributed by atoms with Gasteiger partial charge in [0, 0.05) is 0 Å². The summed E-state index contributed by atoms with van der Waals surface area (Å²) < 4.78 is 25.1. The molecule has 0 heterocycles. The van der Waals surface area contributed by atoms with Crippen LogP contribution in [0.1, 0.15) is 5.56 Å². The van der Waals surface area contributed by atoms with E-state index in [1.165, 1.54) is 0 Å². The minimum absolute atomic E-state index is 0.279. The molecule has 0 saturated carbocycles. The molecule has 1 unspecified atom stereocenters. The van der Waals surface area contributed by atoms with Gasteiger partial charge in [0.1, 0.15) is 11.5 Å². The summed E-state index contributed by atoms with van der Waals surface area (Å²) in [5.41, 5.74) is 0.905. The van der Waals surface area contributed by atoms with Gasteiger partial charge < -0.3 is 9.05 Å². The van der Waals surface area contributed by atoms with Crippen LogP contribution in [-0.4, -0.2) is 5.78 Å². The van der Waals surface area contributed by atoms with Gasteiger partial charge in [0.25, 0.3) is 0 Å². The summed E-state index contributed by atoms with van der Waals surface area (Å²) in [6, 6.07) is 27.1. The maximum atomic E-state index is 13.6. The van der Waals surface area contributed by atoms with Crippen LogP contribution in [0.15, 0.2) is 91.0 Å². The lowest BCUT2D eigenvalue weighted by Crippen LogP contribution is -2.16. The molecule has 0 aromatic heterocycles. The monoisotopic (exact) mass is 363 g/mol. The van der Waals surface area contributed by atoms with E-state index in [0.29, 0.717) is 11.5 Å². The third kappa shape index (κ3) is 4.53. The van der Waals surface area contributed by atoms with Crippen molar-refractivity contribution in [3.05, 3.63) is 108 Å². The number of hydrogen-bond donors (Lipinski definition) is 0. The van der Waals surface area contributed by atoms with Gasteiger partial charge in [-0.15, -0.1) is 0 Å². The van der Waals surface area contributed by atoms with Gasteiger partial charge in [0.05, 0.1) is 6.42 Å². The van der Waals surface area contributed by atoms with E-state index in [0.717, 1.165) is 5.56 Å². The molecule has 0 aliphatic heterocycles. The fraction of sp³-hybridized carbons (Fsp3) is 0.0952. The zero-order valence-electron chi connectivity index (χ0n) is 14.1. The molecule has 0 fully saturated rings. The Hall–Kier alpha value is -3.02. The summed E-state index contributed by atoms with van der Waals surface area (Å²) >= 11 is 0. The third-order valence-corrected chi connectivity index (χ3v) is 5.69. The van der Waals surface area contributed by atoms with E-state index < -0.39 is 13.4 Å². The first-order chi connectivity index (χ1) is 12.7. The van der Waals surface area contributed by atoms with Crippen molar-refractivity contribution >= 4 is 7.60 Å². The zero-order chi connectivity index (χ0) is 18.2. The Morgan fingerprint density at radius 2 is 1.19 bits per heavy atom. The highest BCUT2D eigenvalue weighted by Crippen LogP contribution is 2.54. The van der Waals surface area contributed by atoms with E-state index in [2.05, 4.69) is 4.85 Å². The van der Waals surface area contributed by atoms with E-state index >= 15 is 0 Å². The average Bonchev–Trinajstić information content (AvgIpc) is 2.68. The molecule has 0 aliphatic carbocycles. The van der Waals surface area contributed by atoms with Crippen molar-refractivity contribution in [1.29, 1.82) is 0 Å². The van der Waals surface area contributed by atoms with Gasteiger partial charge in [-0.3, -0.25) is 4.85 Å². The lowest BCUT2D eigenvalue weighted by molar-refractivity contribution is 0.377. The molecule has 5 heteroatoms. The molecule has 26 heavy (non-hydrogen) atoms. The molecule has 1 atom stereocenters. The number of hydrogen-bond acceptors (Lipinski definition) is 3. The standard InChI is InChI=1S/C21H18NO3P/c1-22-21(17-18-11-5-2-6-12-18)26(23,24-19-13-7-3-8-14-19)25-20-15-9-4-10-16-20/h2-16,21H,17H2. The molecule has 0 bridgehead atoms. The Balaban J connectivity index is 1.92. The van der Waals surface area contributed by atoms with Crippen LogP contribution in [0.4, 0.5) is 0 Å². The predicted molar refractivity (Wildman–Crippen MR) is 102 cm³/mol. The topological polar surface area (TPSA) is 39.9 Å². The molecule has 0 spiro atoms. The molecule has 4 nitrogen and oxygen atoms in total. The maximum Gasteiger partial charge on any atom is 0.513 e. The molecule has 0 aliphatic rings. The highest BCUT2D eigenvalue weighted by atomic mass is 31.2. The van der Waals surface area contributed by atoms with Crippen molar-refractivity contribution in [3.8, 4) is 11.5 Å². The van der Waals surface area contributed by atoms with E-state index in [4.69, 9.17) is 15.6 Å². The molecule has 0 amide bonds. The molecule has 0 N–H and O–H groups in total. The molecular formula is C21H18NO3P. The number of para-hydroxylation sites is 2. The fourth-order valence-corrected chi connectivity index (χ4v) is 4.14. The lowest BCUT2D eigenvalue weighted by Gasteiger charge is -2.21. The van der Waals surface area contributed by atoms with Gasteiger partial charge in [0.2, 0.25) is 0 Å². The van der Waals surface area contributed by atoms with E-state index in [9.17, 15) is 4.57 Å². The minimum Gasteiger partial charge on any atom is -0.411 e. The van der Waals surface area contributed by atoms with Crippen molar-refractivity contribution in [2.24, 2.45) is 0 Å². The Bertz CT molecular complexity index is 863. The molecule has 0 saturated heterocycles. The summed E-state index contributed by atoms with van der Waals surface area (Å²) in [6.07, 6.45) is 0.279. The molecule has 3 aromatic rings. The smallest absolute Gasteiger partial charge is 0.411 e. The van der Waals surface area contributed by atoms with Gasteiger partial charge in [-0.25, -0.2) is 11.1 Å². The fourth-order valence-electron chi connectivity index (χ4n) is 2.45. The first kappa shape index (κ1) is 17.8. The SMILES string of the molecule is [C-]#[N+]C(Cc1ccccc1)P(=O)(Oc1ccccc1)Oc1ccccc1. The summed E-state index contributed by atoms with van der Waals surface area (Å²) in [4.78, 5) is 3.58. The summed E-state index contributed by atoms with van der Waals surface area (Å²) in [5.74, 6) is -0.132. The van der Waals surface area contributed by atoms with Crippen LogP contribution < -0.4 is 9.05 Å². The second kappa shape index (κ2) is 8.38. The largest absolute Gasteiger partial charge is 0.513 e. The van der Waals surface area contributed by atoms with Gasteiger partial charge in [-0.1, -0.05) is 66.7 Å². The minimum atomic E-state index is -3.79. The molecule has 0 radical (unpaired) electrons. The van der Waals surface area contributed by atoms with Gasteiger partial charge in [0.15, 0.2) is 0 Å². The van der Waals surface area contributed by atoms with Crippen molar-refractivity contribution in [2.45, 2.75) is 12.2 Å². The third-order valence-electron chi connectivity index (χ3n) is 3.73.